The quantitative estimate of drug-likeness (QED) is 0.674. The van der Waals surface area contributed by atoms with Crippen molar-refractivity contribution in [2.45, 2.75) is 31.8 Å². The minimum absolute atomic E-state index is 0.123. The Morgan fingerprint density at radius 3 is 2.55 bits per heavy atom. The summed E-state index contributed by atoms with van der Waals surface area (Å²) in [5.74, 6) is 5.67. The molecule has 0 amide bonds. The monoisotopic (exact) mass is 385 g/mol. The van der Waals surface area contributed by atoms with E-state index >= 15 is 0 Å². The highest BCUT2D eigenvalue weighted by Crippen LogP contribution is 2.32. The molecule has 0 aliphatic carbocycles. The fourth-order valence-corrected chi connectivity index (χ4v) is 4.15. The second-order valence-corrected chi connectivity index (χ2v) is 7.60. The Morgan fingerprint density at radius 1 is 1.07 bits per heavy atom. The van der Waals surface area contributed by atoms with E-state index in [1.54, 1.807) is 0 Å². The molecule has 0 saturated carbocycles. The van der Waals surface area contributed by atoms with Gasteiger partial charge in [0.05, 0.1) is 17.7 Å². The third kappa shape index (κ3) is 4.42. The van der Waals surface area contributed by atoms with E-state index in [4.69, 9.17) is 10.1 Å². The lowest BCUT2D eigenvalue weighted by atomic mass is 10.0. The fourth-order valence-electron chi connectivity index (χ4n) is 4.15. The van der Waals surface area contributed by atoms with Crippen LogP contribution in [0, 0.1) is 11.8 Å². The number of hydrogen-bond donors (Lipinski definition) is 1. The second-order valence-electron chi connectivity index (χ2n) is 7.60. The van der Waals surface area contributed by atoms with Gasteiger partial charge in [-0.1, -0.05) is 54.3 Å². The van der Waals surface area contributed by atoms with Gasteiger partial charge in [-0.15, -0.1) is 0 Å². The first-order valence-corrected chi connectivity index (χ1v) is 10.3. The van der Waals surface area contributed by atoms with Crippen molar-refractivity contribution in [1.29, 1.82) is 0 Å². The molecule has 0 radical (unpaired) electrons. The summed E-state index contributed by atoms with van der Waals surface area (Å²) < 4.78 is 2.29. The predicted molar refractivity (Wildman–Crippen MR) is 117 cm³/mol. The lowest BCUT2D eigenvalue weighted by Crippen LogP contribution is -2.26. The fraction of sp³-hybridized carbons (Fsp3) is 0.320. The smallest absolute Gasteiger partial charge is 0.104 e. The van der Waals surface area contributed by atoms with Crippen LogP contribution in [0.3, 0.4) is 0 Å². The Morgan fingerprint density at radius 2 is 1.86 bits per heavy atom. The molecular weight excluding hydrogens is 358 g/mol. The van der Waals surface area contributed by atoms with Crippen LogP contribution in [0.2, 0.25) is 0 Å². The number of aromatic nitrogens is 2. The lowest BCUT2D eigenvalue weighted by Gasteiger charge is -2.20. The number of aliphatic hydroxyl groups is 1. The number of imidazole rings is 1. The normalized spacial score (nSPS) is 16.6. The molecule has 0 bridgehead atoms. The molecule has 29 heavy (non-hydrogen) atoms. The highest BCUT2D eigenvalue weighted by Gasteiger charge is 2.22. The summed E-state index contributed by atoms with van der Waals surface area (Å²) in [5.41, 5.74) is 5.33. The zero-order chi connectivity index (χ0) is 20.1. The van der Waals surface area contributed by atoms with Crippen LogP contribution >= 0.6 is 0 Å². The molecule has 4 nitrogen and oxygen atoms in total. The summed E-state index contributed by atoms with van der Waals surface area (Å²) in [6.07, 6.45) is 5.69. The molecule has 4 rings (SSSR count). The van der Waals surface area contributed by atoms with Gasteiger partial charge in [-0.3, -0.25) is 0 Å². The average Bonchev–Trinajstić information content (AvgIpc) is 3.37. The Kier molecular flexibility index (Phi) is 6.09. The van der Waals surface area contributed by atoms with Gasteiger partial charge in [0.25, 0.3) is 0 Å². The van der Waals surface area contributed by atoms with Crippen molar-refractivity contribution in [1.82, 2.24) is 14.5 Å². The van der Waals surface area contributed by atoms with Gasteiger partial charge in [0, 0.05) is 29.3 Å². The molecule has 4 heteroatoms. The van der Waals surface area contributed by atoms with Gasteiger partial charge in [0.2, 0.25) is 0 Å². The van der Waals surface area contributed by atoms with E-state index in [0.717, 1.165) is 41.0 Å². The van der Waals surface area contributed by atoms with Crippen molar-refractivity contribution < 1.29 is 5.11 Å². The van der Waals surface area contributed by atoms with Crippen molar-refractivity contribution in [2.75, 3.05) is 20.2 Å². The highest BCUT2D eigenvalue weighted by molar-refractivity contribution is 5.78. The molecule has 1 aliphatic heterocycles. The first-order chi connectivity index (χ1) is 14.3. The van der Waals surface area contributed by atoms with E-state index in [-0.39, 0.29) is 6.61 Å². The number of aryl methyl sites for hydroxylation is 1. The van der Waals surface area contributed by atoms with Crippen molar-refractivity contribution in [3.8, 4) is 34.4 Å². The molecule has 2 heterocycles. The summed E-state index contributed by atoms with van der Waals surface area (Å²) in [6, 6.07) is 19.2. The Bertz CT molecular complexity index is 996. The molecular formula is C25H27N3O. The first-order valence-electron chi connectivity index (χ1n) is 10.3. The molecule has 2 aromatic carbocycles. The van der Waals surface area contributed by atoms with Crippen molar-refractivity contribution in [3.05, 3.63) is 66.5 Å². The Balaban J connectivity index is 1.67. The molecule has 1 fully saturated rings. The molecule has 3 aromatic rings. The van der Waals surface area contributed by atoms with Gasteiger partial charge in [-0.2, -0.15) is 0 Å². The maximum absolute atomic E-state index is 8.91. The van der Waals surface area contributed by atoms with Crippen LogP contribution in [0.15, 0.2) is 60.9 Å². The van der Waals surface area contributed by atoms with E-state index in [2.05, 4.69) is 64.8 Å². The van der Waals surface area contributed by atoms with Gasteiger partial charge in [0.15, 0.2) is 0 Å². The summed E-state index contributed by atoms with van der Waals surface area (Å²) in [4.78, 5) is 7.26. The number of likely N-dealkylation sites (tertiary alicyclic amines) is 1. The minimum Gasteiger partial charge on any atom is -0.384 e. The van der Waals surface area contributed by atoms with Gasteiger partial charge in [0.1, 0.15) is 6.61 Å². The van der Waals surface area contributed by atoms with E-state index < -0.39 is 0 Å². The summed E-state index contributed by atoms with van der Waals surface area (Å²) in [7, 11) is 2.23. The van der Waals surface area contributed by atoms with Crippen LogP contribution < -0.4 is 0 Å². The van der Waals surface area contributed by atoms with E-state index in [1.807, 2.05) is 24.5 Å². The number of aliphatic hydroxyl groups excluding tert-OH is 1. The van der Waals surface area contributed by atoms with E-state index in [1.165, 1.54) is 19.4 Å². The van der Waals surface area contributed by atoms with E-state index in [0.29, 0.717) is 6.04 Å². The standard InChI is InChI=1S/C25H27N3O/c1-27-16-5-10-23(27)15-17-28-19-26-24(21-8-3-2-4-9-21)25(28)22-13-11-20(12-14-22)7-6-18-29/h2-4,8-9,11-14,19,23,29H,5,10,15-18H2,1H3/t23-/m0/s1. The van der Waals surface area contributed by atoms with Crippen LogP contribution in [0.5, 0.6) is 0 Å². The van der Waals surface area contributed by atoms with Crippen LogP contribution in [0.4, 0.5) is 0 Å². The number of benzene rings is 2. The van der Waals surface area contributed by atoms with Gasteiger partial charge in [-0.25, -0.2) is 4.98 Å². The second kappa shape index (κ2) is 9.09. The van der Waals surface area contributed by atoms with Crippen molar-refractivity contribution in [2.24, 2.45) is 0 Å². The molecule has 0 unspecified atom stereocenters. The van der Waals surface area contributed by atoms with Crippen LogP contribution in [0.25, 0.3) is 22.5 Å². The van der Waals surface area contributed by atoms with Crippen LogP contribution in [-0.2, 0) is 6.54 Å². The maximum atomic E-state index is 8.91. The number of hydrogen-bond acceptors (Lipinski definition) is 3. The molecule has 148 valence electrons. The molecule has 1 atom stereocenters. The van der Waals surface area contributed by atoms with Crippen LogP contribution in [-0.4, -0.2) is 45.8 Å². The van der Waals surface area contributed by atoms with E-state index in [9.17, 15) is 0 Å². The average molecular weight is 386 g/mol. The summed E-state index contributed by atoms with van der Waals surface area (Å²) in [6.45, 7) is 2.03. The molecule has 1 saturated heterocycles. The molecule has 1 aromatic heterocycles. The SMILES string of the molecule is CN1CCC[C@H]1CCn1cnc(-c2ccccc2)c1-c1ccc(C#CCO)cc1. The van der Waals surface area contributed by atoms with Crippen molar-refractivity contribution in [3.63, 3.8) is 0 Å². The summed E-state index contributed by atoms with van der Waals surface area (Å²) in [5, 5.41) is 8.91. The van der Waals surface area contributed by atoms with Crippen molar-refractivity contribution >= 4 is 0 Å². The van der Waals surface area contributed by atoms with Gasteiger partial charge < -0.3 is 14.6 Å². The van der Waals surface area contributed by atoms with Crippen LogP contribution in [0.1, 0.15) is 24.8 Å². The first kappa shape index (κ1) is 19.4. The van der Waals surface area contributed by atoms with Gasteiger partial charge in [-0.05, 0) is 45.0 Å². The molecule has 1 N–H and O–H groups in total. The third-order valence-corrected chi connectivity index (χ3v) is 5.73. The summed E-state index contributed by atoms with van der Waals surface area (Å²) >= 11 is 0. The maximum Gasteiger partial charge on any atom is 0.104 e. The molecule has 0 spiro atoms. The predicted octanol–water partition coefficient (Wildman–Crippen LogP) is 4.05. The minimum atomic E-state index is -0.123. The zero-order valence-electron chi connectivity index (χ0n) is 16.9. The third-order valence-electron chi connectivity index (χ3n) is 5.73. The highest BCUT2D eigenvalue weighted by atomic mass is 16.2. The van der Waals surface area contributed by atoms with Gasteiger partial charge >= 0.3 is 0 Å². The zero-order valence-corrected chi connectivity index (χ0v) is 16.9. The topological polar surface area (TPSA) is 41.3 Å². The number of nitrogens with zero attached hydrogens (tertiary/aromatic N) is 3. The Hall–Kier alpha value is -2.87. The Labute approximate surface area is 172 Å². The lowest BCUT2D eigenvalue weighted by molar-refractivity contribution is 0.286. The molecule has 1 aliphatic rings. The largest absolute Gasteiger partial charge is 0.384 e. The number of rotatable bonds is 5.